The van der Waals surface area contributed by atoms with Crippen molar-refractivity contribution in [2.24, 2.45) is 0 Å². The van der Waals surface area contributed by atoms with Gasteiger partial charge in [-0.15, -0.1) is 0 Å². The van der Waals surface area contributed by atoms with E-state index in [1.165, 1.54) is 0 Å². The van der Waals surface area contributed by atoms with Crippen LogP contribution in [0.1, 0.15) is 6.92 Å². The maximum absolute atomic E-state index is 5.34. The maximum Gasteiger partial charge on any atom is 0.321 e. The molecule has 0 amide bonds. The summed E-state index contributed by atoms with van der Waals surface area (Å²) in [7, 11) is 1.12. The minimum atomic E-state index is -1.35. The normalized spacial score (nSPS) is 15.5. The standard InChI is InChI=1S/C7H20O2Si2/c1-7(11(4,5)6)10(8-2)9-3/h7,10H,1-6H3. The highest BCUT2D eigenvalue weighted by Gasteiger charge is 2.32. The first kappa shape index (κ1) is 11.4. The van der Waals surface area contributed by atoms with Crippen molar-refractivity contribution in [3.8, 4) is 0 Å². The molecule has 0 saturated heterocycles. The SMILES string of the molecule is CO[SiH](OC)C(C)[Si](C)(C)C. The summed E-state index contributed by atoms with van der Waals surface area (Å²) in [6.07, 6.45) is 0. The van der Waals surface area contributed by atoms with Gasteiger partial charge in [0.05, 0.1) is 0 Å². The number of rotatable bonds is 4. The summed E-state index contributed by atoms with van der Waals surface area (Å²) in [5, 5.41) is 0.678. The van der Waals surface area contributed by atoms with E-state index in [0.717, 1.165) is 0 Å². The van der Waals surface area contributed by atoms with E-state index >= 15 is 0 Å². The van der Waals surface area contributed by atoms with Crippen molar-refractivity contribution < 1.29 is 8.85 Å². The molecule has 0 rings (SSSR count). The van der Waals surface area contributed by atoms with Crippen LogP contribution in [0.5, 0.6) is 0 Å². The first-order valence-corrected chi connectivity index (χ1v) is 9.17. The molecule has 0 aliphatic heterocycles. The zero-order chi connectivity index (χ0) is 9.07. The molecule has 0 aromatic rings. The predicted molar refractivity (Wildman–Crippen MR) is 53.9 cm³/mol. The van der Waals surface area contributed by atoms with Crippen LogP contribution < -0.4 is 0 Å². The topological polar surface area (TPSA) is 18.5 Å². The van der Waals surface area contributed by atoms with Crippen molar-refractivity contribution in [2.45, 2.75) is 31.7 Å². The summed E-state index contributed by atoms with van der Waals surface area (Å²) >= 11 is 0. The fraction of sp³-hybridized carbons (Fsp3) is 1.00. The molecule has 1 atom stereocenters. The molecule has 0 spiro atoms. The van der Waals surface area contributed by atoms with Gasteiger partial charge in [-0.05, 0) is 5.16 Å². The van der Waals surface area contributed by atoms with Crippen molar-refractivity contribution in [1.29, 1.82) is 0 Å². The van der Waals surface area contributed by atoms with Gasteiger partial charge in [0, 0.05) is 22.3 Å². The summed E-state index contributed by atoms with van der Waals surface area (Å²) in [5.74, 6) is 0. The van der Waals surface area contributed by atoms with Crippen molar-refractivity contribution in [3.05, 3.63) is 0 Å². The van der Waals surface area contributed by atoms with E-state index in [9.17, 15) is 0 Å². The molecule has 0 N–H and O–H groups in total. The summed E-state index contributed by atoms with van der Waals surface area (Å²) in [5.41, 5.74) is 0. The van der Waals surface area contributed by atoms with Crippen LogP contribution in [0.2, 0.25) is 24.8 Å². The molecule has 0 fully saturated rings. The Morgan fingerprint density at radius 3 is 1.55 bits per heavy atom. The third-order valence-electron chi connectivity index (χ3n) is 2.24. The second kappa shape index (κ2) is 4.40. The highest BCUT2D eigenvalue weighted by atomic mass is 28.4. The maximum atomic E-state index is 5.34. The van der Waals surface area contributed by atoms with Gasteiger partial charge in [0.2, 0.25) is 0 Å². The van der Waals surface area contributed by atoms with E-state index in [2.05, 4.69) is 26.6 Å². The van der Waals surface area contributed by atoms with Gasteiger partial charge >= 0.3 is 9.28 Å². The summed E-state index contributed by atoms with van der Waals surface area (Å²) in [6.45, 7) is 9.33. The van der Waals surface area contributed by atoms with Crippen LogP contribution in [0.4, 0.5) is 0 Å². The lowest BCUT2D eigenvalue weighted by Crippen LogP contribution is -2.39. The largest absolute Gasteiger partial charge is 0.400 e. The van der Waals surface area contributed by atoms with Crippen LogP contribution in [0, 0.1) is 0 Å². The van der Waals surface area contributed by atoms with Gasteiger partial charge in [-0.2, -0.15) is 0 Å². The molecule has 0 aliphatic rings. The predicted octanol–water partition coefficient (Wildman–Crippen LogP) is 1.77. The Labute approximate surface area is 72.8 Å². The monoisotopic (exact) mass is 192 g/mol. The molecule has 4 heteroatoms. The second-order valence-corrected chi connectivity index (χ2v) is 13.0. The lowest BCUT2D eigenvalue weighted by molar-refractivity contribution is 0.275. The van der Waals surface area contributed by atoms with Gasteiger partial charge in [0.15, 0.2) is 0 Å². The quantitative estimate of drug-likeness (QED) is 0.632. The molecule has 11 heavy (non-hydrogen) atoms. The van der Waals surface area contributed by atoms with E-state index in [1.807, 2.05) is 0 Å². The van der Waals surface area contributed by atoms with Gasteiger partial charge < -0.3 is 8.85 Å². The van der Waals surface area contributed by atoms with Gasteiger partial charge in [0.25, 0.3) is 0 Å². The third-order valence-corrected chi connectivity index (χ3v) is 10.5. The van der Waals surface area contributed by atoms with Gasteiger partial charge in [-0.25, -0.2) is 0 Å². The molecule has 0 aliphatic carbocycles. The Kier molecular flexibility index (Phi) is 4.54. The van der Waals surface area contributed by atoms with Crippen molar-refractivity contribution in [3.63, 3.8) is 0 Å². The second-order valence-electron chi connectivity index (χ2n) is 3.99. The third kappa shape index (κ3) is 3.51. The lowest BCUT2D eigenvalue weighted by Gasteiger charge is -2.29. The van der Waals surface area contributed by atoms with E-state index < -0.39 is 17.4 Å². The van der Waals surface area contributed by atoms with Crippen molar-refractivity contribution in [2.75, 3.05) is 14.2 Å². The molecular formula is C7H20O2Si2. The Morgan fingerprint density at radius 1 is 1.09 bits per heavy atom. The van der Waals surface area contributed by atoms with Crippen LogP contribution in [0.3, 0.4) is 0 Å². The Morgan fingerprint density at radius 2 is 1.45 bits per heavy atom. The van der Waals surface area contributed by atoms with Gasteiger partial charge in [0.1, 0.15) is 0 Å². The summed E-state index contributed by atoms with van der Waals surface area (Å²) < 4.78 is 10.7. The Bertz CT molecular complexity index is 107. The molecule has 0 bridgehead atoms. The van der Waals surface area contributed by atoms with Gasteiger partial charge in [-0.3, -0.25) is 0 Å². The molecule has 68 valence electrons. The first-order valence-electron chi connectivity index (χ1n) is 3.99. The molecule has 0 aromatic heterocycles. The molecule has 1 unspecified atom stereocenters. The molecule has 0 radical (unpaired) electrons. The average Bonchev–Trinajstić information content (AvgIpc) is 1.88. The minimum absolute atomic E-state index is 0.678. The van der Waals surface area contributed by atoms with E-state index in [0.29, 0.717) is 5.16 Å². The molecule has 0 heterocycles. The molecule has 0 saturated carbocycles. The van der Waals surface area contributed by atoms with E-state index in [1.54, 1.807) is 14.2 Å². The van der Waals surface area contributed by atoms with Crippen LogP contribution in [0.25, 0.3) is 0 Å². The number of hydrogen-bond acceptors (Lipinski definition) is 2. The Hall–Kier alpha value is 0.354. The zero-order valence-electron chi connectivity index (χ0n) is 8.47. The van der Waals surface area contributed by atoms with Crippen LogP contribution in [0.15, 0.2) is 0 Å². The fourth-order valence-corrected chi connectivity index (χ4v) is 6.00. The first-order chi connectivity index (χ1) is 4.93. The zero-order valence-corrected chi connectivity index (χ0v) is 10.6. The summed E-state index contributed by atoms with van der Waals surface area (Å²) in [4.78, 5) is 0. The molecule has 2 nitrogen and oxygen atoms in total. The smallest absolute Gasteiger partial charge is 0.321 e. The summed E-state index contributed by atoms with van der Waals surface area (Å²) in [6, 6.07) is 0. The van der Waals surface area contributed by atoms with Gasteiger partial charge in [-0.1, -0.05) is 26.6 Å². The lowest BCUT2D eigenvalue weighted by atomic mass is 10.9. The Balaban J connectivity index is 4.09. The van der Waals surface area contributed by atoms with E-state index in [4.69, 9.17) is 8.85 Å². The number of hydrogen-bond donors (Lipinski definition) is 0. The minimum Gasteiger partial charge on any atom is -0.400 e. The van der Waals surface area contributed by atoms with Crippen molar-refractivity contribution >= 4 is 17.4 Å². The van der Waals surface area contributed by atoms with Crippen LogP contribution >= 0.6 is 0 Å². The fourth-order valence-electron chi connectivity index (χ4n) is 0.913. The molecule has 0 aromatic carbocycles. The van der Waals surface area contributed by atoms with Crippen molar-refractivity contribution in [1.82, 2.24) is 0 Å². The highest BCUT2D eigenvalue weighted by Crippen LogP contribution is 2.24. The van der Waals surface area contributed by atoms with Crippen LogP contribution in [-0.4, -0.2) is 31.6 Å². The van der Waals surface area contributed by atoms with Crippen LogP contribution in [-0.2, 0) is 8.85 Å². The molecular weight excluding hydrogens is 172 g/mol. The van der Waals surface area contributed by atoms with E-state index in [-0.39, 0.29) is 0 Å². The average molecular weight is 192 g/mol. The highest BCUT2D eigenvalue weighted by molar-refractivity contribution is 6.86.